The summed E-state index contributed by atoms with van der Waals surface area (Å²) in [6, 6.07) is 11.4. The van der Waals surface area contributed by atoms with E-state index in [1.807, 2.05) is 0 Å². The van der Waals surface area contributed by atoms with Gasteiger partial charge < -0.3 is 19.8 Å². The Balaban J connectivity index is 1.61. The van der Waals surface area contributed by atoms with Crippen molar-refractivity contribution in [2.75, 3.05) is 17.2 Å². The van der Waals surface area contributed by atoms with Crippen molar-refractivity contribution >= 4 is 40.8 Å². The summed E-state index contributed by atoms with van der Waals surface area (Å²) in [4.78, 5) is 36.3. The normalized spacial score (nSPS) is 10.4. The molecule has 1 heterocycles. The lowest BCUT2D eigenvalue weighted by Gasteiger charge is -2.10. The van der Waals surface area contributed by atoms with E-state index in [-0.39, 0.29) is 22.0 Å². The topological polar surface area (TPSA) is 97.6 Å². The van der Waals surface area contributed by atoms with Crippen LogP contribution in [0.4, 0.5) is 15.8 Å². The van der Waals surface area contributed by atoms with Crippen LogP contribution in [0.25, 0.3) is 0 Å². The van der Waals surface area contributed by atoms with Gasteiger partial charge in [-0.2, -0.15) is 0 Å². The van der Waals surface area contributed by atoms with E-state index in [0.29, 0.717) is 11.3 Å². The zero-order valence-electron chi connectivity index (χ0n) is 15.7. The molecule has 0 atom stereocenters. The maximum atomic E-state index is 13.7. The fourth-order valence-electron chi connectivity index (χ4n) is 2.47. The third-order valence-corrected chi connectivity index (χ3v) is 4.24. The number of esters is 1. The molecule has 3 rings (SSSR count). The number of halogens is 2. The number of amides is 2. The van der Waals surface area contributed by atoms with Gasteiger partial charge in [0.25, 0.3) is 11.8 Å². The average molecular weight is 431 g/mol. The lowest BCUT2D eigenvalue weighted by atomic mass is 10.1. The highest BCUT2D eigenvalue weighted by Crippen LogP contribution is 2.20. The van der Waals surface area contributed by atoms with Gasteiger partial charge in [-0.05, 0) is 55.0 Å². The Labute approximate surface area is 175 Å². The predicted octanol–water partition coefficient (Wildman–Crippen LogP) is 4.43. The lowest BCUT2D eigenvalue weighted by Crippen LogP contribution is -2.21. The molecule has 3 aromatic rings. The summed E-state index contributed by atoms with van der Waals surface area (Å²) in [5.41, 5.74) is 1.14. The van der Waals surface area contributed by atoms with Gasteiger partial charge >= 0.3 is 5.97 Å². The monoisotopic (exact) mass is 430 g/mol. The Kier molecular flexibility index (Phi) is 6.48. The van der Waals surface area contributed by atoms with Crippen molar-refractivity contribution in [1.82, 2.24) is 0 Å². The van der Waals surface area contributed by atoms with Crippen LogP contribution >= 0.6 is 11.6 Å². The van der Waals surface area contributed by atoms with Crippen LogP contribution in [0, 0.1) is 12.7 Å². The average Bonchev–Trinajstić information content (AvgIpc) is 3.25. The van der Waals surface area contributed by atoms with Gasteiger partial charge in [-0.25, -0.2) is 9.18 Å². The molecule has 1 aromatic heterocycles. The first-order chi connectivity index (χ1) is 14.3. The third-order valence-electron chi connectivity index (χ3n) is 4.01. The van der Waals surface area contributed by atoms with Crippen molar-refractivity contribution < 1.29 is 27.9 Å². The highest BCUT2D eigenvalue weighted by atomic mass is 35.5. The van der Waals surface area contributed by atoms with E-state index >= 15 is 0 Å². The quantitative estimate of drug-likeness (QED) is 0.564. The molecular weight excluding hydrogens is 415 g/mol. The summed E-state index contributed by atoms with van der Waals surface area (Å²) in [6.45, 7) is 1.13. The number of carbonyl (C=O) groups is 3. The number of furan rings is 1. The molecule has 2 amide bonds. The van der Waals surface area contributed by atoms with Gasteiger partial charge in [0.15, 0.2) is 12.4 Å². The number of nitrogens with one attached hydrogen (secondary N) is 2. The summed E-state index contributed by atoms with van der Waals surface area (Å²) < 4.78 is 23.7. The SMILES string of the molecule is Cc1ccc(C(=O)OCC(=O)Nc2ccc(Cl)cc2F)cc1NC(=O)c1ccco1. The first-order valence-corrected chi connectivity index (χ1v) is 9.09. The molecule has 0 unspecified atom stereocenters. The van der Waals surface area contributed by atoms with Crippen molar-refractivity contribution in [2.24, 2.45) is 0 Å². The molecule has 0 bridgehead atoms. The summed E-state index contributed by atoms with van der Waals surface area (Å²) >= 11 is 5.65. The second-order valence-corrected chi connectivity index (χ2v) is 6.65. The Morgan fingerprint density at radius 3 is 2.57 bits per heavy atom. The van der Waals surface area contributed by atoms with Crippen LogP contribution in [0.15, 0.2) is 59.2 Å². The second-order valence-electron chi connectivity index (χ2n) is 6.21. The summed E-state index contributed by atoms with van der Waals surface area (Å²) in [5, 5.41) is 5.12. The lowest BCUT2D eigenvalue weighted by molar-refractivity contribution is -0.119. The molecule has 0 spiro atoms. The first-order valence-electron chi connectivity index (χ1n) is 8.71. The molecule has 2 N–H and O–H groups in total. The van der Waals surface area contributed by atoms with Gasteiger partial charge in [0.2, 0.25) is 0 Å². The molecule has 9 heteroatoms. The maximum absolute atomic E-state index is 13.7. The van der Waals surface area contributed by atoms with Gasteiger partial charge in [-0.15, -0.1) is 0 Å². The van der Waals surface area contributed by atoms with Crippen LogP contribution in [-0.4, -0.2) is 24.4 Å². The predicted molar refractivity (Wildman–Crippen MR) is 108 cm³/mol. The smallest absolute Gasteiger partial charge is 0.338 e. The number of hydrogen-bond acceptors (Lipinski definition) is 5. The van der Waals surface area contributed by atoms with Crippen molar-refractivity contribution in [3.8, 4) is 0 Å². The molecule has 0 aliphatic carbocycles. The number of ether oxygens (including phenoxy) is 1. The van der Waals surface area contributed by atoms with Crippen molar-refractivity contribution in [3.05, 3.63) is 82.5 Å². The van der Waals surface area contributed by atoms with Gasteiger partial charge in [-0.3, -0.25) is 9.59 Å². The Bertz CT molecular complexity index is 1100. The number of aryl methyl sites for hydroxylation is 1. The van der Waals surface area contributed by atoms with Gasteiger partial charge in [0.05, 0.1) is 17.5 Å². The first kappa shape index (κ1) is 21.1. The highest BCUT2D eigenvalue weighted by Gasteiger charge is 2.15. The number of carbonyl (C=O) groups excluding carboxylic acids is 3. The summed E-state index contributed by atoms with van der Waals surface area (Å²) in [6.07, 6.45) is 1.37. The minimum absolute atomic E-state index is 0.0845. The molecule has 0 saturated carbocycles. The van der Waals surface area contributed by atoms with E-state index in [4.69, 9.17) is 20.8 Å². The molecule has 30 heavy (non-hydrogen) atoms. The largest absolute Gasteiger partial charge is 0.459 e. The number of hydrogen-bond donors (Lipinski definition) is 2. The Morgan fingerprint density at radius 2 is 1.87 bits per heavy atom. The van der Waals surface area contributed by atoms with E-state index < -0.39 is 30.2 Å². The minimum Gasteiger partial charge on any atom is -0.459 e. The summed E-state index contributed by atoms with van der Waals surface area (Å²) in [5.74, 6) is -2.57. The zero-order chi connectivity index (χ0) is 21.7. The number of rotatable bonds is 6. The molecule has 0 aliphatic heterocycles. The van der Waals surface area contributed by atoms with E-state index in [1.54, 1.807) is 19.1 Å². The number of anilines is 2. The molecule has 0 fully saturated rings. The molecular formula is C21H16ClFN2O5. The van der Waals surface area contributed by atoms with Gasteiger partial charge in [0.1, 0.15) is 5.82 Å². The van der Waals surface area contributed by atoms with E-state index in [9.17, 15) is 18.8 Å². The van der Waals surface area contributed by atoms with Crippen LogP contribution in [0.3, 0.4) is 0 Å². The molecule has 0 saturated heterocycles. The highest BCUT2D eigenvalue weighted by molar-refractivity contribution is 6.30. The van der Waals surface area contributed by atoms with Crippen LogP contribution in [0.1, 0.15) is 26.5 Å². The van der Waals surface area contributed by atoms with Crippen molar-refractivity contribution in [3.63, 3.8) is 0 Å². The van der Waals surface area contributed by atoms with Crippen LogP contribution in [0.2, 0.25) is 5.02 Å². The molecule has 2 aromatic carbocycles. The van der Waals surface area contributed by atoms with Crippen LogP contribution in [-0.2, 0) is 9.53 Å². The van der Waals surface area contributed by atoms with Crippen LogP contribution in [0.5, 0.6) is 0 Å². The zero-order valence-corrected chi connectivity index (χ0v) is 16.5. The fourth-order valence-corrected chi connectivity index (χ4v) is 2.63. The Hall–Kier alpha value is -3.65. The number of benzene rings is 2. The van der Waals surface area contributed by atoms with E-state index in [1.165, 1.54) is 36.6 Å². The molecule has 0 radical (unpaired) electrons. The minimum atomic E-state index is -0.782. The van der Waals surface area contributed by atoms with Gasteiger partial charge in [0, 0.05) is 10.7 Å². The maximum Gasteiger partial charge on any atom is 0.338 e. The van der Waals surface area contributed by atoms with Crippen molar-refractivity contribution in [2.45, 2.75) is 6.92 Å². The standard InChI is InChI=1S/C21H16ClFN2O5/c1-12-4-5-13(9-17(12)25-20(27)18-3-2-8-29-18)21(28)30-11-19(26)24-16-7-6-14(22)10-15(16)23/h2-10H,11H2,1H3,(H,24,26)(H,25,27). The summed E-state index contributed by atoms with van der Waals surface area (Å²) in [7, 11) is 0. The molecule has 154 valence electrons. The van der Waals surface area contributed by atoms with Crippen LogP contribution < -0.4 is 10.6 Å². The van der Waals surface area contributed by atoms with E-state index in [0.717, 1.165) is 6.07 Å². The molecule has 0 aliphatic rings. The molecule has 7 nitrogen and oxygen atoms in total. The Morgan fingerprint density at radius 1 is 1.07 bits per heavy atom. The van der Waals surface area contributed by atoms with Gasteiger partial charge in [-0.1, -0.05) is 17.7 Å². The van der Waals surface area contributed by atoms with Crippen molar-refractivity contribution in [1.29, 1.82) is 0 Å². The third kappa shape index (κ3) is 5.24. The second kappa shape index (κ2) is 9.23. The van der Waals surface area contributed by atoms with E-state index in [2.05, 4.69) is 10.6 Å². The fraction of sp³-hybridized carbons (Fsp3) is 0.0952.